The molecule has 0 N–H and O–H groups in total. The number of cyclic esters (lactones) is 1. The number of ketones is 2. The summed E-state index contributed by atoms with van der Waals surface area (Å²) in [7, 11) is 0. The highest BCUT2D eigenvalue weighted by atomic mass is 79.9. The second kappa shape index (κ2) is 7.45. The SMILES string of the molecule is CC1(CC(=O)c2ccc(Br)cc2)C(=O)OC(c2ccc(Cl)cc2)C(C)(C)C1=O. The van der Waals surface area contributed by atoms with Crippen LogP contribution in [-0.4, -0.2) is 17.5 Å². The van der Waals surface area contributed by atoms with E-state index in [-0.39, 0.29) is 18.0 Å². The van der Waals surface area contributed by atoms with Gasteiger partial charge >= 0.3 is 5.97 Å². The molecule has 6 heteroatoms. The van der Waals surface area contributed by atoms with Crippen molar-refractivity contribution in [3.8, 4) is 0 Å². The van der Waals surface area contributed by atoms with Crippen molar-refractivity contribution in [2.45, 2.75) is 33.3 Å². The third kappa shape index (κ3) is 3.65. The number of hydrogen-bond acceptors (Lipinski definition) is 4. The van der Waals surface area contributed by atoms with Crippen LogP contribution in [0.1, 0.15) is 49.2 Å². The van der Waals surface area contributed by atoms with Crippen LogP contribution in [0.15, 0.2) is 53.0 Å². The van der Waals surface area contributed by atoms with Gasteiger partial charge in [-0.2, -0.15) is 0 Å². The molecule has 2 atom stereocenters. The summed E-state index contributed by atoms with van der Waals surface area (Å²) < 4.78 is 6.55. The van der Waals surface area contributed by atoms with E-state index in [1.165, 1.54) is 6.92 Å². The van der Waals surface area contributed by atoms with Crippen LogP contribution in [-0.2, 0) is 14.3 Å². The number of ether oxygens (including phenoxy) is 1. The van der Waals surface area contributed by atoms with Crippen molar-refractivity contribution in [1.29, 1.82) is 0 Å². The lowest BCUT2D eigenvalue weighted by Gasteiger charge is -2.44. The van der Waals surface area contributed by atoms with Gasteiger partial charge in [0, 0.05) is 21.5 Å². The largest absolute Gasteiger partial charge is 0.456 e. The summed E-state index contributed by atoms with van der Waals surface area (Å²) in [4.78, 5) is 39.0. The molecule has 1 aliphatic heterocycles. The maximum absolute atomic E-state index is 13.4. The van der Waals surface area contributed by atoms with Gasteiger partial charge in [0.05, 0.1) is 5.41 Å². The van der Waals surface area contributed by atoms with Crippen LogP contribution in [0.25, 0.3) is 0 Å². The van der Waals surface area contributed by atoms with E-state index in [4.69, 9.17) is 16.3 Å². The lowest BCUT2D eigenvalue weighted by molar-refractivity contribution is -0.187. The summed E-state index contributed by atoms with van der Waals surface area (Å²) in [6.07, 6.45) is -0.969. The maximum Gasteiger partial charge on any atom is 0.320 e. The molecule has 3 rings (SSSR count). The van der Waals surface area contributed by atoms with E-state index < -0.39 is 22.9 Å². The summed E-state index contributed by atoms with van der Waals surface area (Å²) in [5, 5.41) is 0.556. The predicted octanol–water partition coefficient (Wildman–Crippen LogP) is 5.58. The Labute approximate surface area is 177 Å². The Morgan fingerprint density at radius 2 is 1.61 bits per heavy atom. The third-order valence-corrected chi connectivity index (χ3v) is 6.05. The van der Waals surface area contributed by atoms with Crippen molar-refractivity contribution in [2.75, 3.05) is 0 Å². The molecule has 2 unspecified atom stereocenters. The van der Waals surface area contributed by atoms with Gasteiger partial charge in [0.15, 0.2) is 11.6 Å². The quantitative estimate of drug-likeness (QED) is 0.338. The third-order valence-electron chi connectivity index (χ3n) is 5.27. The van der Waals surface area contributed by atoms with E-state index >= 15 is 0 Å². The first-order valence-electron chi connectivity index (χ1n) is 8.86. The van der Waals surface area contributed by atoms with Crippen molar-refractivity contribution in [3.05, 3.63) is 69.2 Å². The first kappa shape index (κ1) is 20.7. The number of Topliss-reactive ketones (excluding diaryl/α,β-unsaturated/α-hetero) is 2. The lowest BCUT2D eigenvalue weighted by Crippen LogP contribution is -2.54. The molecule has 4 nitrogen and oxygen atoms in total. The van der Waals surface area contributed by atoms with E-state index in [9.17, 15) is 14.4 Å². The van der Waals surface area contributed by atoms with Gasteiger partial charge in [-0.3, -0.25) is 14.4 Å². The molecule has 146 valence electrons. The molecule has 1 fully saturated rings. The number of hydrogen-bond donors (Lipinski definition) is 0. The molecule has 0 bridgehead atoms. The predicted molar refractivity (Wildman–Crippen MR) is 110 cm³/mol. The summed E-state index contributed by atoms with van der Waals surface area (Å²) in [5.41, 5.74) is -1.38. The van der Waals surface area contributed by atoms with E-state index in [0.29, 0.717) is 16.1 Å². The topological polar surface area (TPSA) is 60.4 Å². The van der Waals surface area contributed by atoms with Crippen LogP contribution < -0.4 is 0 Å². The highest BCUT2D eigenvalue weighted by molar-refractivity contribution is 9.10. The van der Waals surface area contributed by atoms with Crippen LogP contribution in [0.4, 0.5) is 0 Å². The molecule has 1 heterocycles. The molecule has 0 amide bonds. The van der Waals surface area contributed by atoms with Gasteiger partial charge in [-0.15, -0.1) is 0 Å². The minimum absolute atomic E-state index is 0.233. The molecule has 0 spiro atoms. The van der Waals surface area contributed by atoms with E-state index in [0.717, 1.165) is 4.47 Å². The number of carbonyl (C=O) groups is 3. The standard InChI is InChI=1S/C22H20BrClO4/c1-21(2)18(14-6-10-16(24)11-7-14)28-20(27)22(3,19(21)26)12-17(25)13-4-8-15(23)9-5-13/h4-11,18H,12H2,1-3H3. The maximum atomic E-state index is 13.4. The second-order valence-electron chi connectivity index (χ2n) is 7.83. The van der Waals surface area contributed by atoms with Gasteiger partial charge in [0.2, 0.25) is 0 Å². The molecular formula is C22H20BrClO4. The van der Waals surface area contributed by atoms with Gasteiger partial charge in [0.1, 0.15) is 11.5 Å². The fourth-order valence-electron chi connectivity index (χ4n) is 3.64. The van der Waals surface area contributed by atoms with Gasteiger partial charge in [0.25, 0.3) is 0 Å². The lowest BCUT2D eigenvalue weighted by atomic mass is 9.64. The second-order valence-corrected chi connectivity index (χ2v) is 9.18. The van der Waals surface area contributed by atoms with Crippen LogP contribution >= 0.6 is 27.5 Å². The molecule has 0 aromatic heterocycles. The number of rotatable bonds is 4. The van der Waals surface area contributed by atoms with Gasteiger partial charge < -0.3 is 4.74 Å². The summed E-state index contributed by atoms with van der Waals surface area (Å²) in [5.74, 6) is -1.26. The number of esters is 1. The normalized spacial score (nSPS) is 24.0. The molecule has 1 aliphatic rings. The van der Waals surface area contributed by atoms with Crippen molar-refractivity contribution in [3.63, 3.8) is 0 Å². The molecular weight excluding hydrogens is 444 g/mol. The first-order chi connectivity index (χ1) is 13.1. The van der Waals surface area contributed by atoms with Crippen LogP contribution in [0, 0.1) is 10.8 Å². The zero-order chi connectivity index (χ0) is 20.7. The molecule has 2 aromatic rings. The number of carbonyl (C=O) groups excluding carboxylic acids is 3. The first-order valence-corrected chi connectivity index (χ1v) is 10.0. The average molecular weight is 464 g/mol. The summed E-state index contributed by atoms with van der Waals surface area (Å²) in [6, 6.07) is 13.7. The van der Waals surface area contributed by atoms with Crippen molar-refractivity contribution < 1.29 is 19.1 Å². The Morgan fingerprint density at radius 3 is 2.18 bits per heavy atom. The summed E-state index contributed by atoms with van der Waals surface area (Å²) in [6.45, 7) is 4.97. The average Bonchev–Trinajstić information content (AvgIpc) is 2.65. The van der Waals surface area contributed by atoms with Gasteiger partial charge in [-0.05, 0) is 50.6 Å². The van der Waals surface area contributed by atoms with Crippen LogP contribution in [0.3, 0.4) is 0 Å². The minimum atomic E-state index is -1.53. The van der Waals surface area contributed by atoms with Crippen molar-refractivity contribution >= 4 is 45.1 Å². The van der Waals surface area contributed by atoms with E-state index in [2.05, 4.69) is 15.9 Å². The monoisotopic (exact) mass is 462 g/mol. The molecule has 2 aromatic carbocycles. The van der Waals surface area contributed by atoms with Crippen LogP contribution in [0.5, 0.6) is 0 Å². The highest BCUT2D eigenvalue weighted by Gasteiger charge is 2.58. The van der Waals surface area contributed by atoms with Crippen molar-refractivity contribution in [1.82, 2.24) is 0 Å². The van der Waals surface area contributed by atoms with Crippen molar-refractivity contribution in [2.24, 2.45) is 10.8 Å². The fourth-order valence-corrected chi connectivity index (χ4v) is 4.03. The number of benzene rings is 2. The van der Waals surface area contributed by atoms with E-state index in [1.54, 1.807) is 62.4 Å². The Hall–Kier alpha value is -1.98. The van der Waals surface area contributed by atoms with Crippen LogP contribution in [0.2, 0.25) is 5.02 Å². The fraction of sp³-hybridized carbons (Fsp3) is 0.318. The van der Waals surface area contributed by atoms with E-state index in [1.807, 2.05) is 0 Å². The Kier molecular flexibility index (Phi) is 5.52. The Bertz CT molecular complexity index is 934. The highest BCUT2D eigenvalue weighted by Crippen LogP contribution is 2.49. The zero-order valence-electron chi connectivity index (χ0n) is 15.8. The minimum Gasteiger partial charge on any atom is -0.456 e. The molecule has 1 saturated heterocycles. The number of halogens is 2. The Balaban J connectivity index is 1.90. The molecule has 0 aliphatic carbocycles. The summed E-state index contributed by atoms with van der Waals surface area (Å²) >= 11 is 9.26. The zero-order valence-corrected chi connectivity index (χ0v) is 18.1. The Morgan fingerprint density at radius 1 is 1.04 bits per heavy atom. The van der Waals surface area contributed by atoms with Gasteiger partial charge in [-0.25, -0.2) is 0 Å². The molecule has 0 radical (unpaired) electrons. The van der Waals surface area contributed by atoms with Gasteiger partial charge in [-0.1, -0.05) is 51.8 Å². The molecule has 0 saturated carbocycles. The smallest absolute Gasteiger partial charge is 0.320 e. The molecule has 28 heavy (non-hydrogen) atoms.